The van der Waals surface area contributed by atoms with Gasteiger partial charge in [0.1, 0.15) is 5.82 Å². The largest absolute Gasteiger partial charge is 0.279 e. The van der Waals surface area contributed by atoms with Crippen molar-refractivity contribution in [2.75, 3.05) is 5.43 Å². The third-order valence-corrected chi connectivity index (χ3v) is 3.80. The summed E-state index contributed by atoms with van der Waals surface area (Å²) in [5.41, 5.74) is 5.53. The third-order valence-electron chi connectivity index (χ3n) is 3.37. The Morgan fingerprint density at radius 3 is 2.21 bits per heavy atom. The summed E-state index contributed by atoms with van der Waals surface area (Å²) in [5.74, 6) is -0.373. The molecule has 0 atom stereocenters. The molecule has 0 saturated carbocycles. The molecule has 2 nitrogen and oxygen atoms in total. The lowest BCUT2D eigenvalue weighted by Crippen LogP contribution is -1.93. The van der Waals surface area contributed by atoms with Gasteiger partial charge < -0.3 is 0 Å². The Labute approximate surface area is 149 Å². The SMILES string of the molecule is Fc1cc(-c2cc(Cl)cc(Cl)c2)ccc1C=NNc1ccccc1. The average Bonchev–Trinajstić information content (AvgIpc) is 2.56. The zero-order valence-corrected chi connectivity index (χ0v) is 14.0. The van der Waals surface area contributed by atoms with Crippen molar-refractivity contribution in [1.29, 1.82) is 0 Å². The van der Waals surface area contributed by atoms with Crippen molar-refractivity contribution in [2.45, 2.75) is 0 Å². The molecule has 0 saturated heterocycles. The Morgan fingerprint density at radius 1 is 0.833 bits per heavy atom. The monoisotopic (exact) mass is 358 g/mol. The lowest BCUT2D eigenvalue weighted by atomic mass is 10.0. The van der Waals surface area contributed by atoms with E-state index in [9.17, 15) is 4.39 Å². The van der Waals surface area contributed by atoms with Crippen molar-refractivity contribution >= 4 is 35.1 Å². The van der Waals surface area contributed by atoms with Crippen LogP contribution in [0.2, 0.25) is 10.0 Å². The number of rotatable bonds is 4. The van der Waals surface area contributed by atoms with Crippen molar-refractivity contribution in [2.24, 2.45) is 5.10 Å². The molecule has 24 heavy (non-hydrogen) atoms. The molecule has 3 aromatic carbocycles. The number of para-hydroxylation sites is 1. The molecule has 3 aromatic rings. The number of halogens is 3. The minimum Gasteiger partial charge on any atom is -0.279 e. The molecule has 0 unspecified atom stereocenters. The molecule has 0 heterocycles. The van der Waals surface area contributed by atoms with Crippen LogP contribution in [0.4, 0.5) is 10.1 Å². The van der Waals surface area contributed by atoms with E-state index in [4.69, 9.17) is 23.2 Å². The highest BCUT2D eigenvalue weighted by Crippen LogP contribution is 2.28. The van der Waals surface area contributed by atoms with E-state index in [-0.39, 0.29) is 5.82 Å². The van der Waals surface area contributed by atoms with Crippen LogP contribution in [-0.4, -0.2) is 6.21 Å². The van der Waals surface area contributed by atoms with Crippen LogP contribution in [0.5, 0.6) is 0 Å². The molecule has 0 fully saturated rings. The highest BCUT2D eigenvalue weighted by Gasteiger charge is 2.06. The van der Waals surface area contributed by atoms with Gasteiger partial charge in [0.25, 0.3) is 0 Å². The van der Waals surface area contributed by atoms with E-state index in [1.165, 1.54) is 12.3 Å². The van der Waals surface area contributed by atoms with Crippen molar-refractivity contribution < 1.29 is 4.39 Å². The molecular formula is C19H13Cl2FN2. The summed E-state index contributed by atoms with van der Waals surface area (Å²) in [5, 5.41) is 5.07. The van der Waals surface area contributed by atoms with E-state index in [1.54, 1.807) is 30.3 Å². The van der Waals surface area contributed by atoms with Gasteiger partial charge in [0, 0.05) is 15.6 Å². The van der Waals surface area contributed by atoms with Gasteiger partial charge >= 0.3 is 0 Å². The molecule has 0 spiro atoms. The van der Waals surface area contributed by atoms with Crippen LogP contribution in [0.15, 0.2) is 71.8 Å². The first-order chi connectivity index (χ1) is 11.6. The first kappa shape index (κ1) is 16.5. The van der Waals surface area contributed by atoms with E-state index in [0.29, 0.717) is 21.2 Å². The lowest BCUT2D eigenvalue weighted by Gasteiger charge is -2.05. The number of hydrazone groups is 1. The van der Waals surface area contributed by atoms with Gasteiger partial charge in [0.15, 0.2) is 0 Å². The number of hydrogen-bond acceptors (Lipinski definition) is 2. The standard InChI is InChI=1S/C19H13Cl2FN2/c20-16-8-15(9-17(21)11-16)13-6-7-14(19(22)10-13)12-23-24-18-4-2-1-3-5-18/h1-12,24H. The Hall–Kier alpha value is -2.36. The van der Waals surface area contributed by atoms with Crippen LogP contribution in [0, 0.1) is 5.82 Å². The van der Waals surface area contributed by atoms with E-state index < -0.39 is 0 Å². The summed E-state index contributed by atoms with van der Waals surface area (Å²) < 4.78 is 14.3. The number of nitrogens with one attached hydrogen (secondary N) is 1. The lowest BCUT2D eigenvalue weighted by molar-refractivity contribution is 0.626. The van der Waals surface area contributed by atoms with E-state index in [0.717, 1.165) is 11.3 Å². The van der Waals surface area contributed by atoms with Crippen molar-refractivity contribution in [3.8, 4) is 11.1 Å². The fraction of sp³-hybridized carbons (Fsp3) is 0. The summed E-state index contributed by atoms with van der Waals surface area (Å²) in [7, 11) is 0. The molecule has 0 aliphatic heterocycles. The minimum atomic E-state index is -0.373. The summed E-state index contributed by atoms with van der Waals surface area (Å²) in [6.07, 6.45) is 1.44. The van der Waals surface area contributed by atoms with E-state index >= 15 is 0 Å². The van der Waals surface area contributed by atoms with E-state index in [2.05, 4.69) is 10.5 Å². The molecule has 3 rings (SSSR count). The van der Waals surface area contributed by atoms with Gasteiger partial charge in [0.05, 0.1) is 11.9 Å². The second-order valence-electron chi connectivity index (χ2n) is 5.13. The fourth-order valence-electron chi connectivity index (χ4n) is 2.22. The first-order valence-corrected chi connectivity index (χ1v) is 7.97. The molecule has 0 aromatic heterocycles. The second kappa shape index (κ2) is 7.47. The van der Waals surface area contributed by atoms with Crippen LogP contribution >= 0.6 is 23.2 Å². The molecule has 0 amide bonds. The van der Waals surface area contributed by atoms with Crippen LogP contribution < -0.4 is 5.43 Å². The van der Waals surface area contributed by atoms with Gasteiger partial charge in [-0.1, -0.05) is 47.5 Å². The van der Waals surface area contributed by atoms with Crippen LogP contribution in [0.25, 0.3) is 11.1 Å². The molecule has 5 heteroatoms. The normalized spacial score (nSPS) is 11.0. The van der Waals surface area contributed by atoms with Crippen LogP contribution in [0.3, 0.4) is 0 Å². The predicted molar refractivity (Wildman–Crippen MR) is 99.5 cm³/mol. The Bertz CT molecular complexity index is 860. The average molecular weight is 359 g/mol. The molecule has 0 aliphatic carbocycles. The van der Waals surface area contributed by atoms with Gasteiger partial charge in [0.2, 0.25) is 0 Å². The van der Waals surface area contributed by atoms with Gasteiger partial charge in [-0.2, -0.15) is 5.10 Å². The summed E-state index contributed by atoms with van der Waals surface area (Å²) in [6, 6.07) is 19.5. The summed E-state index contributed by atoms with van der Waals surface area (Å²) in [6.45, 7) is 0. The quantitative estimate of drug-likeness (QED) is 0.432. The smallest absolute Gasteiger partial charge is 0.132 e. The summed E-state index contributed by atoms with van der Waals surface area (Å²) >= 11 is 12.0. The molecule has 1 N–H and O–H groups in total. The molecule has 0 bridgehead atoms. The predicted octanol–water partition coefficient (Wildman–Crippen LogP) is 6.25. The van der Waals surface area contributed by atoms with Crippen LogP contribution in [0.1, 0.15) is 5.56 Å². The number of hydrogen-bond donors (Lipinski definition) is 1. The Balaban J connectivity index is 1.79. The zero-order valence-electron chi connectivity index (χ0n) is 12.5. The van der Waals surface area contributed by atoms with Crippen molar-refractivity contribution in [3.63, 3.8) is 0 Å². The highest BCUT2D eigenvalue weighted by atomic mass is 35.5. The Kier molecular flexibility index (Phi) is 5.14. The van der Waals surface area contributed by atoms with E-state index in [1.807, 2.05) is 30.3 Å². The van der Waals surface area contributed by atoms with Gasteiger partial charge in [-0.15, -0.1) is 0 Å². The Morgan fingerprint density at radius 2 is 1.54 bits per heavy atom. The fourth-order valence-corrected chi connectivity index (χ4v) is 2.75. The topological polar surface area (TPSA) is 24.4 Å². The maximum absolute atomic E-state index is 14.3. The maximum atomic E-state index is 14.3. The number of anilines is 1. The second-order valence-corrected chi connectivity index (χ2v) is 6.00. The molecule has 120 valence electrons. The molecular weight excluding hydrogens is 346 g/mol. The first-order valence-electron chi connectivity index (χ1n) is 7.22. The highest BCUT2D eigenvalue weighted by molar-refractivity contribution is 6.35. The number of nitrogens with zero attached hydrogens (tertiary/aromatic N) is 1. The van der Waals surface area contributed by atoms with Gasteiger partial charge in [-0.05, 0) is 53.6 Å². The minimum absolute atomic E-state index is 0.373. The molecule has 0 aliphatic rings. The summed E-state index contributed by atoms with van der Waals surface area (Å²) in [4.78, 5) is 0. The molecule has 0 radical (unpaired) electrons. The van der Waals surface area contributed by atoms with Crippen LogP contribution in [-0.2, 0) is 0 Å². The van der Waals surface area contributed by atoms with Crippen molar-refractivity contribution in [3.05, 3.63) is 88.2 Å². The third kappa shape index (κ3) is 4.13. The number of benzene rings is 3. The van der Waals surface area contributed by atoms with Gasteiger partial charge in [-0.3, -0.25) is 5.43 Å². The zero-order chi connectivity index (χ0) is 16.9. The van der Waals surface area contributed by atoms with Crippen molar-refractivity contribution in [1.82, 2.24) is 0 Å². The maximum Gasteiger partial charge on any atom is 0.132 e. The van der Waals surface area contributed by atoms with Gasteiger partial charge in [-0.25, -0.2) is 4.39 Å².